The lowest BCUT2D eigenvalue weighted by Gasteiger charge is -2.34. The lowest BCUT2D eigenvalue weighted by molar-refractivity contribution is -0.145. The average Bonchev–Trinajstić information content (AvgIpc) is 2.55. The van der Waals surface area contributed by atoms with Crippen LogP contribution in [0.25, 0.3) is 0 Å². The van der Waals surface area contributed by atoms with Crippen LogP contribution in [-0.4, -0.2) is 35.5 Å². The monoisotopic (exact) mass is 304 g/mol. The van der Waals surface area contributed by atoms with Crippen molar-refractivity contribution in [2.24, 2.45) is 0 Å². The van der Waals surface area contributed by atoms with Crippen LogP contribution in [0.3, 0.4) is 0 Å². The summed E-state index contributed by atoms with van der Waals surface area (Å²) in [4.78, 5) is 35.6. The van der Waals surface area contributed by atoms with E-state index in [1.54, 1.807) is 18.2 Å². The van der Waals surface area contributed by atoms with Crippen molar-refractivity contribution in [2.45, 2.75) is 37.6 Å². The SMILES string of the molecule is CNC(=O)c1cccc(C(=O)NC2(C(=O)O)CCCCC2)c1. The Morgan fingerprint density at radius 1 is 1.05 bits per heavy atom. The Kier molecular flexibility index (Phi) is 4.80. The predicted octanol–water partition coefficient (Wildman–Crippen LogP) is 1.56. The zero-order valence-corrected chi connectivity index (χ0v) is 12.5. The number of hydrogen-bond acceptors (Lipinski definition) is 3. The molecule has 1 saturated carbocycles. The standard InChI is InChI=1S/C16H20N2O4/c1-17-13(19)11-6-5-7-12(10-11)14(20)18-16(15(21)22)8-3-2-4-9-16/h5-7,10H,2-4,8-9H2,1H3,(H,17,19)(H,18,20)(H,21,22). The van der Waals surface area contributed by atoms with E-state index in [0.29, 0.717) is 18.4 Å². The van der Waals surface area contributed by atoms with Gasteiger partial charge in [-0.15, -0.1) is 0 Å². The minimum atomic E-state index is -1.20. The van der Waals surface area contributed by atoms with Gasteiger partial charge in [-0.1, -0.05) is 25.3 Å². The first kappa shape index (κ1) is 16.0. The molecule has 1 fully saturated rings. The van der Waals surface area contributed by atoms with E-state index in [0.717, 1.165) is 19.3 Å². The Morgan fingerprint density at radius 3 is 2.18 bits per heavy atom. The van der Waals surface area contributed by atoms with Crippen LogP contribution in [0.1, 0.15) is 52.8 Å². The first-order chi connectivity index (χ1) is 10.5. The number of carbonyl (C=O) groups excluding carboxylic acids is 2. The van der Waals surface area contributed by atoms with E-state index in [1.807, 2.05) is 0 Å². The summed E-state index contributed by atoms with van der Waals surface area (Å²) in [6, 6.07) is 6.24. The molecule has 1 aromatic rings. The van der Waals surface area contributed by atoms with Crippen LogP contribution in [-0.2, 0) is 4.79 Å². The molecule has 0 heterocycles. The molecule has 0 saturated heterocycles. The Balaban J connectivity index is 2.20. The number of carboxylic acids is 1. The molecule has 6 nitrogen and oxygen atoms in total. The van der Waals surface area contributed by atoms with Gasteiger partial charge in [0.15, 0.2) is 0 Å². The van der Waals surface area contributed by atoms with Gasteiger partial charge in [-0.25, -0.2) is 4.79 Å². The van der Waals surface area contributed by atoms with Crippen molar-refractivity contribution in [1.82, 2.24) is 10.6 Å². The van der Waals surface area contributed by atoms with Gasteiger partial charge in [-0.05, 0) is 31.0 Å². The summed E-state index contributed by atoms with van der Waals surface area (Å²) in [5.74, 6) is -1.75. The summed E-state index contributed by atoms with van der Waals surface area (Å²) in [6.07, 6.45) is 3.42. The van der Waals surface area contributed by atoms with Crippen LogP contribution in [0.2, 0.25) is 0 Å². The van der Waals surface area contributed by atoms with E-state index in [1.165, 1.54) is 13.1 Å². The van der Waals surface area contributed by atoms with Gasteiger partial charge < -0.3 is 15.7 Å². The van der Waals surface area contributed by atoms with Gasteiger partial charge in [0.1, 0.15) is 5.54 Å². The third-order valence-electron chi connectivity index (χ3n) is 4.08. The molecule has 118 valence electrons. The van der Waals surface area contributed by atoms with Crippen molar-refractivity contribution >= 4 is 17.8 Å². The predicted molar refractivity (Wildman–Crippen MR) is 80.8 cm³/mol. The quantitative estimate of drug-likeness (QED) is 0.786. The summed E-state index contributed by atoms with van der Waals surface area (Å²) in [7, 11) is 1.51. The highest BCUT2D eigenvalue weighted by atomic mass is 16.4. The maximum Gasteiger partial charge on any atom is 0.329 e. The molecule has 22 heavy (non-hydrogen) atoms. The Morgan fingerprint density at radius 2 is 1.64 bits per heavy atom. The van der Waals surface area contributed by atoms with Gasteiger partial charge in [-0.2, -0.15) is 0 Å². The fraction of sp³-hybridized carbons (Fsp3) is 0.438. The fourth-order valence-corrected chi connectivity index (χ4v) is 2.78. The Labute approximate surface area is 128 Å². The molecule has 1 aromatic carbocycles. The molecule has 0 unspecified atom stereocenters. The second kappa shape index (κ2) is 6.60. The Hall–Kier alpha value is -2.37. The number of amides is 2. The highest BCUT2D eigenvalue weighted by Gasteiger charge is 2.41. The summed E-state index contributed by atoms with van der Waals surface area (Å²) < 4.78 is 0. The largest absolute Gasteiger partial charge is 0.480 e. The summed E-state index contributed by atoms with van der Waals surface area (Å²) >= 11 is 0. The van der Waals surface area contributed by atoms with Crippen molar-refractivity contribution in [1.29, 1.82) is 0 Å². The molecule has 0 atom stereocenters. The average molecular weight is 304 g/mol. The number of nitrogens with one attached hydrogen (secondary N) is 2. The second-order valence-corrected chi connectivity index (χ2v) is 5.56. The lowest BCUT2D eigenvalue weighted by atomic mass is 9.81. The Bertz CT molecular complexity index is 592. The number of aliphatic carboxylic acids is 1. The number of carboxylic acid groups (broad SMARTS) is 1. The molecule has 0 spiro atoms. The van der Waals surface area contributed by atoms with Crippen LogP contribution < -0.4 is 10.6 Å². The second-order valence-electron chi connectivity index (χ2n) is 5.56. The number of hydrogen-bond donors (Lipinski definition) is 3. The first-order valence-electron chi connectivity index (χ1n) is 7.36. The summed E-state index contributed by atoms with van der Waals surface area (Å²) in [5.41, 5.74) is -0.547. The third kappa shape index (κ3) is 3.27. The first-order valence-corrected chi connectivity index (χ1v) is 7.36. The fourth-order valence-electron chi connectivity index (χ4n) is 2.78. The van der Waals surface area contributed by atoms with Crippen molar-refractivity contribution in [3.05, 3.63) is 35.4 Å². The van der Waals surface area contributed by atoms with Gasteiger partial charge in [-0.3, -0.25) is 9.59 Å². The molecular weight excluding hydrogens is 284 g/mol. The van der Waals surface area contributed by atoms with Gasteiger partial charge >= 0.3 is 5.97 Å². The molecule has 3 N–H and O–H groups in total. The van der Waals surface area contributed by atoms with Crippen molar-refractivity contribution in [2.75, 3.05) is 7.05 Å². The van der Waals surface area contributed by atoms with Crippen LogP contribution in [0, 0.1) is 0 Å². The maximum atomic E-state index is 12.4. The van der Waals surface area contributed by atoms with Crippen LogP contribution in [0.4, 0.5) is 0 Å². The normalized spacial score (nSPS) is 16.6. The molecule has 1 aliphatic rings. The maximum absolute atomic E-state index is 12.4. The topological polar surface area (TPSA) is 95.5 Å². The highest BCUT2D eigenvalue weighted by Crippen LogP contribution is 2.29. The molecule has 0 bridgehead atoms. The molecule has 0 aromatic heterocycles. The van der Waals surface area contributed by atoms with E-state index < -0.39 is 17.4 Å². The minimum Gasteiger partial charge on any atom is -0.480 e. The third-order valence-corrected chi connectivity index (χ3v) is 4.08. The zero-order chi connectivity index (χ0) is 16.2. The van der Waals surface area contributed by atoms with Crippen LogP contribution >= 0.6 is 0 Å². The minimum absolute atomic E-state index is 0.285. The van der Waals surface area contributed by atoms with Crippen molar-refractivity contribution in [3.63, 3.8) is 0 Å². The number of rotatable bonds is 4. The van der Waals surface area contributed by atoms with E-state index in [9.17, 15) is 19.5 Å². The van der Waals surface area contributed by atoms with E-state index in [-0.39, 0.29) is 11.5 Å². The van der Waals surface area contributed by atoms with Crippen LogP contribution in [0.15, 0.2) is 24.3 Å². The molecular formula is C16H20N2O4. The summed E-state index contributed by atoms with van der Waals surface area (Å²) in [5, 5.41) is 14.6. The number of benzene rings is 1. The van der Waals surface area contributed by atoms with Crippen LogP contribution in [0.5, 0.6) is 0 Å². The molecule has 0 radical (unpaired) electrons. The molecule has 2 rings (SSSR count). The van der Waals surface area contributed by atoms with Gasteiger partial charge in [0.25, 0.3) is 11.8 Å². The van der Waals surface area contributed by atoms with E-state index in [4.69, 9.17) is 0 Å². The number of carbonyl (C=O) groups is 3. The molecule has 1 aliphatic carbocycles. The van der Waals surface area contributed by atoms with Crippen molar-refractivity contribution < 1.29 is 19.5 Å². The van der Waals surface area contributed by atoms with E-state index >= 15 is 0 Å². The van der Waals surface area contributed by atoms with Crippen molar-refractivity contribution in [3.8, 4) is 0 Å². The molecule has 2 amide bonds. The van der Waals surface area contributed by atoms with Gasteiger partial charge in [0.05, 0.1) is 0 Å². The van der Waals surface area contributed by atoms with E-state index in [2.05, 4.69) is 10.6 Å². The molecule has 6 heteroatoms. The summed E-state index contributed by atoms with van der Waals surface area (Å²) in [6.45, 7) is 0. The smallest absolute Gasteiger partial charge is 0.329 e. The zero-order valence-electron chi connectivity index (χ0n) is 12.5. The highest BCUT2D eigenvalue weighted by molar-refractivity contribution is 6.01. The van der Waals surface area contributed by atoms with Gasteiger partial charge in [0, 0.05) is 18.2 Å². The lowest BCUT2D eigenvalue weighted by Crippen LogP contribution is -2.55. The molecule has 0 aliphatic heterocycles. The van der Waals surface area contributed by atoms with Gasteiger partial charge in [0.2, 0.25) is 0 Å².